The van der Waals surface area contributed by atoms with Crippen molar-refractivity contribution in [1.29, 1.82) is 0 Å². The van der Waals surface area contributed by atoms with Gasteiger partial charge in [-0.25, -0.2) is 13.4 Å². The van der Waals surface area contributed by atoms with E-state index in [4.69, 9.17) is 4.74 Å². The lowest BCUT2D eigenvalue weighted by molar-refractivity contribution is -0.129. The van der Waals surface area contributed by atoms with Gasteiger partial charge in [-0.15, -0.1) is 0 Å². The second kappa shape index (κ2) is 10.5. The molecular formula is C22H29N3O4S2. The summed E-state index contributed by atoms with van der Waals surface area (Å²) in [5.74, 6) is 1.12. The Kier molecular flexibility index (Phi) is 7.96. The Morgan fingerprint density at radius 1 is 1.13 bits per heavy atom. The first-order chi connectivity index (χ1) is 14.9. The van der Waals surface area contributed by atoms with Crippen LogP contribution in [0.4, 0.5) is 0 Å². The van der Waals surface area contributed by atoms with Crippen molar-refractivity contribution in [3.63, 3.8) is 0 Å². The fraction of sp³-hybridized carbons (Fsp3) is 0.455. The molecule has 1 fully saturated rings. The Labute approximate surface area is 188 Å². The minimum absolute atomic E-state index is 0.0601. The Hall–Kier alpha value is -2.10. The lowest BCUT2D eigenvalue weighted by Crippen LogP contribution is -2.34. The largest absolute Gasteiger partial charge is 0.497 e. The highest BCUT2D eigenvalue weighted by Crippen LogP contribution is 2.30. The molecular weight excluding hydrogens is 434 g/mol. The van der Waals surface area contributed by atoms with Crippen molar-refractivity contribution < 1.29 is 17.9 Å². The molecule has 0 radical (unpaired) electrons. The predicted octanol–water partition coefficient (Wildman–Crippen LogP) is 3.40. The van der Waals surface area contributed by atoms with Crippen LogP contribution in [0.5, 0.6) is 5.75 Å². The number of pyridine rings is 1. The molecule has 1 aliphatic rings. The van der Waals surface area contributed by atoms with Crippen LogP contribution in [0.3, 0.4) is 0 Å². The molecule has 0 atom stereocenters. The van der Waals surface area contributed by atoms with E-state index in [9.17, 15) is 13.2 Å². The number of benzene rings is 1. The smallest absolute Gasteiger partial charge is 0.244 e. The minimum Gasteiger partial charge on any atom is -0.497 e. The van der Waals surface area contributed by atoms with E-state index in [0.29, 0.717) is 30.7 Å². The molecule has 1 heterocycles. The number of amides is 1. The minimum atomic E-state index is -3.53. The lowest BCUT2D eigenvalue weighted by atomic mass is 10.2. The van der Waals surface area contributed by atoms with Crippen LogP contribution in [-0.4, -0.2) is 60.5 Å². The number of hydrogen-bond acceptors (Lipinski definition) is 6. The summed E-state index contributed by atoms with van der Waals surface area (Å²) < 4.78 is 31.7. The fourth-order valence-corrected chi connectivity index (χ4v) is 5.40. The molecule has 1 aromatic carbocycles. The zero-order valence-corrected chi connectivity index (χ0v) is 19.8. The number of ether oxygens (including phenoxy) is 1. The standard InChI is InChI=1S/C22H29N3O4S2/c1-4-24(5-2)31(27,28)20-12-13-21(23-14-20)30-16-22(26)25(18-8-9-18)15-17-6-10-19(29-3)11-7-17/h6-7,10-14,18H,4-5,8-9,15-16H2,1-3H3. The molecule has 3 rings (SSSR count). The highest BCUT2D eigenvalue weighted by atomic mass is 32.2. The molecule has 168 valence electrons. The van der Waals surface area contributed by atoms with Crippen molar-refractivity contribution in [1.82, 2.24) is 14.2 Å². The van der Waals surface area contributed by atoms with Gasteiger partial charge in [0.2, 0.25) is 15.9 Å². The van der Waals surface area contributed by atoms with Crippen molar-refractivity contribution in [2.75, 3.05) is 26.0 Å². The SMILES string of the molecule is CCN(CC)S(=O)(=O)c1ccc(SCC(=O)N(Cc2ccc(OC)cc2)C2CC2)nc1. The zero-order chi connectivity index (χ0) is 22.4. The summed E-state index contributed by atoms with van der Waals surface area (Å²) in [6.07, 6.45) is 3.43. The second-order valence-electron chi connectivity index (χ2n) is 7.31. The van der Waals surface area contributed by atoms with Gasteiger partial charge in [0, 0.05) is 31.9 Å². The van der Waals surface area contributed by atoms with Gasteiger partial charge in [-0.2, -0.15) is 4.31 Å². The van der Waals surface area contributed by atoms with Crippen molar-refractivity contribution in [2.24, 2.45) is 0 Å². The van der Waals surface area contributed by atoms with Crippen molar-refractivity contribution in [3.8, 4) is 5.75 Å². The van der Waals surface area contributed by atoms with Crippen molar-refractivity contribution in [3.05, 3.63) is 48.2 Å². The Morgan fingerprint density at radius 3 is 2.32 bits per heavy atom. The average molecular weight is 464 g/mol. The maximum absolute atomic E-state index is 12.9. The van der Waals surface area contributed by atoms with Crippen LogP contribution in [0.15, 0.2) is 52.5 Å². The Bertz CT molecular complexity index is 971. The van der Waals surface area contributed by atoms with Crippen molar-refractivity contribution >= 4 is 27.7 Å². The van der Waals surface area contributed by atoms with Crippen LogP contribution < -0.4 is 4.74 Å². The molecule has 1 aliphatic carbocycles. The van der Waals surface area contributed by atoms with E-state index in [1.807, 2.05) is 43.0 Å². The maximum Gasteiger partial charge on any atom is 0.244 e. The van der Waals surface area contributed by atoms with E-state index in [2.05, 4.69) is 4.98 Å². The molecule has 9 heteroatoms. The van der Waals surface area contributed by atoms with Crippen LogP contribution >= 0.6 is 11.8 Å². The van der Waals surface area contributed by atoms with Gasteiger partial charge in [0.1, 0.15) is 10.6 Å². The molecule has 7 nitrogen and oxygen atoms in total. The van der Waals surface area contributed by atoms with Crippen LogP contribution in [-0.2, 0) is 21.4 Å². The van der Waals surface area contributed by atoms with E-state index in [-0.39, 0.29) is 16.6 Å². The first kappa shape index (κ1) is 23.6. The number of nitrogens with zero attached hydrogens (tertiary/aromatic N) is 3. The average Bonchev–Trinajstić information content (AvgIpc) is 3.62. The number of sulfonamides is 1. The highest BCUT2D eigenvalue weighted by molar-refractivity contribution is 7.99. The summed E-state index contributed by atoms with van der Waals surface area (Å²) in [5.41, 5.74) is 1.06. The molecule has 0 aliphatic heterocycles. The molecule has 1 saturated carbocycles. The summed E-state index contributed by atoms with van der Waals surface area (Å²) in [6, 6.07) is 11.3. The maximum atomic E-state index is 12.9. The summed E-state index contributed by atoms with van der Waals surface area (Å²) in [7, 11) is -1.90. The third-order valence-corrected chi connectivity index (χ3v) is 8.18. The van der Waals surface area contributed by atoms with Crippen molar-refractivity contribution in [2.45, 2.75) is 49.2 Å². The third kappa shape index (κ3) is 5.99. The highest BCUT2D eigenvalue weighted by Gasteiger charge is 2.32. The van der Waals surface area contributed by atoms with Crippen LogP contribution in [0.1, 0.15) is 32.3 Å². The summed E-state index contributed by atoms with van der Waals surface area (Å²) in [4.78, 5) is 19.2. The Morgan fingerprint density at radius 2 is 1.81 bits per heavy atom. The Balaban J connectivity index is 1.60. The third-order valence-electron chi connectivity index (χ3n) is 5.22. The van der Waals surface area contributed by atoms with Gasteiger partial charge in [0.15, 0.2) is 0 Å². The van der Waals surface area contributed by atoms with Gasteiger partial charge in [0.25, 0.3) is 0 Å². The molecule has 0 N–H and O–H groups in total. The van der Waals surface area contributed by atoms with Gasteiger partial charge in [-0.05, 0) is 42.7 Å². The number of carbonyl (C=O) groups is 1. The first-order valence-electron chi connectivity index (χ1n) is 10.4. The lowest BCUT2D eigenvalue weighted by Gasteiger charge is -2.22. The molecule has 2 aromatic rings. The van der Waals surface area contributed by atoms with Gasteiger partial charge in [-0.1, -0.05) is 37.7 Å². The molecule has 1 amide bonds. The predicted molar refractivity (Wildman–Crippen MR) is 122 cm³/mol. The topological polar surface area (TPSA) is 79.8 Å². The molecule has 0 bridgehead atoms. The number of methoxy groups -OCH3 is 1. The van der Waals surface area contributed by atoms with E-state index in [1.165, 1.54) is 22.3 Å². The number of aromatic nitrogens is 1. The molecule has 0 saturated heterocycles. The van der Waals surface area contributed by atoms with Crippen LogP contribution in [0, 0.1) is 0 Å². The van der Waals surface area contributed by atoms with Gasteiger partial charge < -0.3 is 9.64 Å². The quantitative estimate of drug-likeness (QED) is 0.475. The van der Waals surface area contributed by atoms with Gasteiger partial charge >= 0.3 is 0 Å². The summed E-state index contributed by atoms with van der Waals surface area (Å²) in [5, 5.41) is 0.632. The van der Waals surface area contributed by atoms with E-state index < -0.39 is 10.0 Å². The van der Waals surface area contributed by atoms with E-state index in [0.717, 1.165) is 24.2 Å². The molecule has 1 aromatic heterocycles. The number of rotatable bonds is 11. The summed E-state index contributed by atoms with van der Waals surface area (Å²) >= 11 is 1.33. The summed E-state index contributed by atoms with van der Waals surface area (Å²) in [6.45, 7) is 5.01. The number of carbonyl (C=O) groups excluding carboxylic acids is 1. The molecule has 0 spiro atoms. The van der Waals surface area contributed by atoms with E-state index >= 15 is 0 Å². The molecule has 0 unspecified atom stereocenters. The van der Waals surface area contributed by atoms with Crippen LogP contribution in [0.25, 0.3) is 0 Å². The number of thioether (sulfide) groups is 1. The normalized spacial score (nSPS) is 13.9. The monoisotopic (exact) mass is 463 g/mol. The van der Waals surface area contributed by atoms with Gasteiger partial charge in [0.05, 0.1) is 17.9 Å². The molecule has 31 heavy (non-hydrogen) atoms. The zero-order valence-electron chi connectivity index (χ0n) is 18.2. The number of hydrogen-bond donors (Lipinski definition) is 0. The first-order valence-corrected chi connectivity index (χ1v) is 12.8. The fourth-order valence-electron chi connectivity index (χ4n) is 3.27. The van der Waals surface area contributed by atoms with Crippen LogP contribution in [0.2, 0.25) is 0 Å². The second-order valence-corrected chi connectivity index (χ2v) is 10.2. The van der Waals surface area contributed by atoms with Gasteiger partial charge in [-0.3, -0.25) is 4.79 Å². The van der Waals surface area contributed by atoms with E-state index in [1.54, 1.807) is 19.2 Å².